The molecule has 1 atom stereocenters. The molecule has 3 rings (SSSR count). The summed E-state index contributed by atoms with van der Waals surface area (Å²) < 4.78 is 27.4. The number of rotatable bonds is 5. The van der Waals surface area contributed by atoms with E-state index in [-0.39, 0.29) is 17.4 Å². The van der Waals surface area contributed by atoms with E-state index in [1.165, 1.54) is 17.2 Å². The zero-order chi connectivity index (χ0) is 14.9. The molecule has 0 spiro atoms. The summed E-state index contributed by atoms with van der Waals surface area (Å²) in [4.78, 5) is 4.18. The fourth-order valence-corrected chi connectivity index (χ4v) is 3.93. The van der Waals surface area contributed by atoms with Crippen LogP contribution >= 0.6 is 0 Å². The van der Waals surface area contributed by atoms with Crippen LogP contribution in [-0.4, -0.2) is 19.9 Å². The van der Waals surface area contributed by atoms with Gasteiger partial charge in [0, 0.05) is 25.2 Å². The molecule has 0 fully saturated rings. The topological polar surface area (TPSA) is 85.1 Å². The molecular weight excluding hydrogens is 286 g/mol. The normalized spacial score (nSPS) is 17.1. The number of nitrogens with one attached hydrogen (secondary N) is 1. The summed E-state index contributed by atoms with van der Waals surface area (Å²) in [6, 6.07) is 11.2. The SMILES string of the molecule is NCc1ncccc1S(=O)(=O)NCC1Cc2ccccc21. The first-order valence-electron chi connectivity index (χ1n) is 6.83. The fraction of sp³-hybridized carbons (Fsp3) is 0.267. The molecule has 0 saturated carbocycles. The third-order valence-corrected chi connectivity index (χ3v) is 5.31. The van der Waals surface area contributed by atoms with Gasteiger partial charge < -0.3 is 5.73 Å². The van der Waals surface area contributed by atoms with Crippen molar-refractivity contribution in [2.75, 3.05) is 6.54 Å². The predicted octanol–water partition coefficient (Wildman–Crippen LogP) is 1.16. The van der Waals surface area contributed by atoms with Crippen LogP contribution in [0.1, 0.15) is 22.7 Å². The number of sulfonamides is 1. The van der Waals surface area contributed by atoms with E-state index in [1.54, 1.807) is 12.3 Å². The molecule has 3 N–H and O–H groups in total. The van der Waals surface area contributed by atoms with Gasteiger partial charge in [0.1, 0.15) is 4.90 Å². The van der Waals surface area contributed by atoms with Crippen molar-refractivity contribution in [3.8, 4) is 0 Å². The lowest BCUT2D eigenvalue weighted by molar-refractivity contribution is 0.550. The van der Waals surface area contributed by atoms with Crippen molar-refractivity contribution in [2.45, 2.75) is 23.8 Å². The number of nitrogens with two attached hydrogens (primary N) is 1. The summed E-state index contributed by atoms with van der Waals surface area (Å²) in [5.74, 6) is 0.244. The summed E-state index contributed by atoms with van der Waals surface area (Å²) in [6.07, 6.45) is 2.46. The van der Waals surface area contributed by atoms with E-state index in [4.69, 9.17) is 5.73 Å². The molecule has 1 aromatic carbocycles. The third kappa shape index (κ3) is 2.70. The maximum absolute atomic E-state index is 12.4. The molecule has 2 aromatic rings. The van der Waals surface area contributed by atoms with Crippen LogP contribution in [0.25, 0.3) is 0 Å². The maximum atomic E-state index is 12.4. The van der Waals surface area contributed by atoms with Crippen molar-refractivity contribution in [1.82, 2.24) is 9.71 Å². The van der Waals surface area contributed by atoms with Gasteiger partial charge in [-0.05, 0) is 29.7 Å². The van der Waals surface area contributed by atoms with Crippen LogP contribution in [0.3, 0.4) is 0 Å². The standard InChI is InChI=1S/C15H17N3O2S/c16-9-14-15(6-3-7-17-14)21(19,20)18-10-12-8-11-4-1-2-5-13(11)12/h1-7,12,18H,8-10,16H2. The van der Waals surface area contributed by atoms with E-state index >= 15 is 0 Å². The second kappa shape index (κ2) is 5.55. The summed E-state index contributed by atoms with van der Waals surface area (Å²) in [6.45, 7) is 0.502. The number of hydrogen-bond donors (Lipinski definition) is 2. The average molecular weight is 303 g/mol. The van der Waals surface area contributed by atoms with E-state index in [2.05, 4.69) is 15.8 Å². The highest BCUT2D eigenvalue weighted by molar-refractivity contribution is 7.89. The molecule has 1 aliphatic carbocycles. The molecule has 1 aliphatic rings. The maximum Gasteiger partial charge on any atom is 0.242 e. The predicted molar refractivity (Wildman–Crippen MR) is 80.2 cm³/mol. The van der Waals surface area contributed by atoms with Crippen molar-refractivity contribution in [3.05, 3.63) is 59.4 Å². The number of benzene rings is 1. The van der Waals surface area contributed by atoms with Gasteiger partial charge in [-0.15, -0.1) is 0 Å². The molecule has 0 amide bonds. The van der Waals surface area contributed by atoms with Crippen molar-refractivity contribution < 1.29 is 8.42 Å². The summed E-state index contributed by atoms with van der Waals surface area (Å²) in [5, 5.41) is 0. The van der Waals surface area contributed by atoms with Gasteiger partial charge in [-0.1, -0.05) is 24.3 Å². The smallest absolute Gasteiger partial charge is 0.242 e. The quantitative estimate of drug-likeness (QED) is 0.868. The molecule has 1 unspecified atom stereocenters. The first kappa shape index (κ1) is 14.2. The van der Waals surface area contributed by atoms with E-state index in [1.807, 2.05) is 18.2 Å². The summed E-state index contributed by atoms with van der Waals surface area (Å²) in [5.41, 5.74) is 8.46. The molecule has 5 nitrogen and oxygen atoms in total. The molecule has 1 heterocycles. The molecule has 1 aromatic heterocycles. The zero-order valence-electron chi connectivity index (χ0n) is 11.5. The van der Waals surface area contributed by atoms with Gasteiger partial charge in [-0.3, -0.25) is 4.98 Å². The monoisotopic (exact) mass is 303 g/mol. The van der Waals surface area contributed by atoms with Crippen LogP contribution in [0.4, 0.5) is 0 Å². The van der Waals surface area contributed by atoms with Gasteiger partial charge in [-0.25, -0.2) is 13.1 Å². The molecule has 0 saturated heterocycles. The fourth-order valence-electron chi connectivity index (χ4n) is 2.65. The minimum absolute atomic E-state index is 0.101. The van der Waals surface area contributed by atoms with Gasteiger partial charge in [0.15, 0.2) is 0 Å². The lowest BCUT2D eigenvalue weighted by Gasteiger charge is -2.30. The third-order valence-electron chi connectivity index (χ3n) is 3.81. The largest absolute Gasteiger partial charge is 0.325 e. The number of hydrogen-bond acceptors (Lipinski definition) is 4. The van der Waals surface area contributed by atoms with Crippen molar-refractivity contribution >= 4 is 10.0 Å². The van der Waals surface area contributed by atoms with Crippen LogP contribution in [0.2, 0.25) is 0 Å². The Morgan fingerprint density at radius 3 is 2.81 bits per heavy atom. The van der Waals surface area contributed by atoms with Gasteiger partial charge in [0.25, 0.3) is 0 Å². The van der Waals surface area contributed by atoms with E-state index in [0.29, 0.717) is 12.2 Å². The molecule has 6 heteroatoms. The minimum Gasteiger partial charge on any atom is -0.325 e. The zero-order valence-corrected chi connectivity index (χ0v) is 12.3. The Morgan fingerprint density at radius 1 is 1.24 bits per heavy atom. The average Bonchev–Trinajstić information content (AvgIpc) is 2.48. The lowest BCUT2D eigenvalue weighted by atomic mass is 9.78. The second-order valence-corrected chi connectivity index (χ2v) is 6.84. The Bertz CT molecular complexity index is 759. The van der Waals surface area contributed by atoms with Crippen LogP contribution < -0.4 is 10.5 Å². The van der Waals surface area contributed by atoms with Crippen LogP contribution in [0.15, 0.2) is 47.5 Å². The molecule has 0 bridgehead atoms. The lowest BCUT2D eigenvalue weighted by Crippen LogP contribution is -2.33. The highest BCUT2D eigenvalue weighted by Gasteiger charge is 2.27. The second-order valence-electron chi connectivity index (χ2n) is 5.10. The Balaban J connectivity index is 1.73. The summed E-state index contributed by atoms with van der Waals surface area (Å²) >= 11 is 0. The number of fused-ring (bicyclic) bond motifs is 1. The van der Waals surface area contributed by atoms with Crippen molar-refractivity contribution in [3.63, 3.8) is 0 Å². The van der Waals surface area contributed by atoms with Gasteiger partial charge in [0.05, 0.1) is 5.69 Å². The van der Waals surface area contributed by atoms with E-state index in [0.717, 1.165) is 6.42 Å². The molecule has 0 radical (unpaired) electrons. The minimum atomic E-state index is -3.57. The number of pyridine rings is 1. The van der Waals surface area contributed by atoms with Gasteiger partial charge in [0.2, 0.25) is 10.0 Å². The Hall–Kier alpha value is -1.76. The molecule has 0 aliphatic heterocycles. The summed E-state index contributed by atoms with van der Waals surface area (Å²) in [7, 11) is -3.57. The van der Waals surface area contributed by atoms with Crippen LogP contribution in [0.5, 0.6) is 0 Å². The number of nitrogens with zero attached hydrogens (tertiary/aromatic N) is 1. The first-order valence-corrected chi connectivity index (χ1v) is 8.31. The highest BCUT2D eigenvalue weighted by atomic mass is 32.2. The van der Waals surface area contributed by atoms with Gasteiger partial charge >= 0.3 is 0 Å². The Morgan fingerprint density at radius 2 is 2.05 bits per heavy atom. The highest BCUT2D eigenvalue weighted by Crippen LogP contribution is 2.34. The van der Waals surface area contributed by atoms with Crippen molar-refractivity contribution in [2.24, 2.45) is 5.73 Å². The van der Waals surface area contributed by atoms with E-state index in [9.17, 15) is 8.42 Å². The molecule has 21 heavy (non-hydrogen) atoms. The van der Waals surface area contributed by atoms with Gasteiger partial charge in [-0.2, -0.15) is 0 Å². The van der Waals surface area contributed by atoms with Crippen LogP contribution in [-0.2, 0) is 23.0 Å². The van der Waals surface area contributed by atoms with E-state index < -0.39 is 10.0 Å². The number of aromatic nitrogens is 1. The Kier molecular flexibility index (Phi) is 3.75. The first-order chi connectivity index (χ1) is 10.1. The molecule has 110 valence electrons. The Labute approximate surface area is 124 Å². The van der Waals surface area contributed by atoms with Crippen molar-refractivity contribution in [1.29, 1.82) is 0 Å². The van der Waals surface area contributed by atoms with Crippen LogP contribution in [0, 0.1) is 0 Å². The molecular formula is C15H17N3O2S.